The van der Waals surface area contributed by atoms with Gasteiger partial charge in [0, 0.05) is 6.08 Å². The number of anilines is 1. The fourth-order valence-electron chi connectivity index (χ4n) is 2.11. The third-order valence-electron chi connectivity index (χ3n) is 3.25. The molecule has 0 bridgehead atoms. The van der Waals surface area contributed by atoms with Crippen molar-refractivity contribution >= 4 is 23.6 Å². The minimum absolute atomic E-state index is 0.0497. The van der Waals surface area contributed by atoms with Gasteiger partial charge in [0.25, 0.3) is 0 Å². The quantitative estimate of drug-likeness (QED) is 0.734. The number of alkyl halides is 2. The van der Waals surface area contributed by atoms with E-state index in [1.807, 2.05) is 0 Å². The largest absolute Gasteiger partial charge is 0.493 e. The number of amides is 1. The molecule has 1 amide bonds. The van der Waals surface area contributed by atoms with Crippen LogP contribution in [0.25, 0.3) is 6.08 Å². The summed E-state index contributed by atoms with van der Waals surface area (Å²) in [4.78, 5) is 23.1. The molecule has 6 nitrogen and oxygen atoms in total. The summed E-state index contributed by atoms with van der Waals surface area (Å²) in [5.74, 6) is -1.79. The number of halogens is 2. The van der Waals surface area contributed by atoms with Crippen molar-refractivity contribution in [3.05, 3.63) is 59.7 Å². The maximum absolute atomic E-state index is 12.4. The predicted octanol–water partition coefficient (Wildman–Crippen LogP) is 3.65. The Morgan fingerprint density at radius 3 is 2.54 bits per heavy atom. The highest BCUT2D eigenvalue weighted by atomic mass is 19.3. The summed E-state index contributed by atoms with van der Waals surface area (Å²) in [5.41, 5.74) is 0.514. The Hall–Kier alpha value is -3.42. The molecule has 0 spiro atoms. The van der Waals surface area contributed by atoms with Gasteiger partial charge in [0.2, 0.25) is 5.91 Å². The first-order chi connectivity index (χ1) is 12.4. The van der Waals surface area contributed by atoms with Crippen LogP contribution in [0.1, 0.15) is 15.9 Å². The van der Waals surface area contributed by atoms with Gasteiger partial charge in [-0.1, -0.05) is 18.2 Å². The average molecular weight is 363 g/mol. The summed E-state index contributed by atoms with van der Waals surface area (Å²) in [7, 11) is 1.32. The lowest BCUT2D eigenvalue weighted by Crippen LogP contribution is -2.11. The molecular weight excluding hydrogens is 348 g/mol. The number of ether oxygens (including phenoxy) is 2. The van der Waals surface area contributed by atoms with Gasteiger partial charge in [-0.05, 0) is 35.9 Å². The van der Waals surface area contributed by atoms with Crippen molar-refractivity contribution < 1.29 is 33.0 Å². The molecule has 0 heterocycles. The predicted molar refractivity (Wildman–Crippen MR) is 90.7 cm³/mol. The van der Waals surface area contributed by atoms with Crippen LogP contribution in [0.5, 0.6) is 11.5 Å². The van der Waals surface area contributed by atoms with Crippen LogP contribution in [-0.4, -0.2) is 30.7 Å². The molecule has 0 saturated heterocycles. The highest BCUT2D eigenvalue weighted by molar-refractivity contribution is 6.06. The first kappa shape index (κ1) is 18.9. The molecule has 2 aromatic rings. The van der Waals surface area contributed by atoms with Gasteiger partial charge in [-0.2, -0.15) is 8.78 Å². The standard InChI is InChI=1S/C18H15F2NO5/c1-25-14-8-6-11(10-15(14)26-18(19)20)7-9-16(22)21-13-5-3-2-4-12(13)17(23)24/h2-10,18H,1H3,(H,21,22)(H,23,24)/b9-7+. The molecule has 2 rings (SSSR count). The van der Waals surface area contributed by atoms with E-state index in [-0.39, 0.29) is 22.7 Å². The number of rotatable bonds is 7. The van der Waals surface area contributed by atoms with E-state index in [1.54, 1.807) is 12.1 Å². The van der Waals surface area contributed by atoms with Crippen LogP contribution in [0.3, 0.4) is 0 Å². The minimum Gasteiger partial charge on any atom is -0.493 e. The maximum Gasteiger partial charge on any atom is 0.387 e. The molecule has 2 aromatic carbocycles. The zero-order valence-electron chi connectivity index (χ0n) is 13.6. The Bertz CT molecular complexity index is 836. The Morgan fingerprint density at radius 1 is 1.15 bits per heavy atom. The van der Waals surface area contributed by atoms with E-state index in [1.165, 1.54) is 43.5 Å². The van der Waals surface area contributed by atoms with Crippen molar-refractivity contribution in [3.63, 3.8) is 0 Å². The molecular formula is C18H15F2NO5. The zero-order chi connectivity index (χ0) is 19.1. The Balaban J connectivity index is 2.14. The SMILES string of the molecule is COc1ccc(/C=C/C(=O)Nc2ccccc2C(=O)O)cc1OC(F)F. The van der Waals surface area contributed by atoms with Crippen molar-refractivity contribution in [1.29, 1.82) is 0 Å². The number of methoxy groups -OCH3 is 1. The summed E-state index contributed by atoms with van der Waals surface area (Å²) >= 11 is 0. The van der Waals surface area contributed by atoms with E-state index in [0.717, 1.165) is 6.08 Å². The average Bonchev–Trinajstić information content (AvgIpc) is 2.60. The first-order valence-electron chi connectivity index (χ1n) is 7.35. The van der Waals surface area contributed by atoms with E-state index in [9.17, 15) is 18.4 Å². The number of aromatic carboxylic acids is 1. The number of carbonyl (C=O) groups excluding carboxylic acids is 1. The van der Waals surface area contributed by atoms with Gasteiger partial charge in [-0.3, -0.25) is 4.79 Å². The Kier molecular flexibility index (Phi) is 6.26. The van der Waals surface area contributed by atoms with Crippen LogP contribution in [0.15, 0.2) is 48.5 Å². The highest BCUT2D eigenvalue weighted by Crippen LogP contribution is 2.29. The number of carboxylic acids is 1. The molecule has 0 atom stereocenters. The second kappa shape index (κ2) is 8.61. The van der Waals surface area contributed by atoms with Crippen molar-refractivity contribution in [3.8, 4) is 11.5 Å². The number of hydrogen-bond acceptors (Lipinski definition) is 4. The van der Waals surface area contributed by atoms with Gasteiger partial charge in [0.1, 0.15) is 0 Å². The minimum atomic E-state index is -3.01. The lowest BCUT2D eigenvalue weighted by molar-refractivity contribution is -0.111. The summed E-state index contributed by atoms with van der Waals surface area (Å²) in [6.07, 6.45) is 2.52. The van der Waals surface area contributed by atoms with Crippen molar-refractivity contribution in [2.24, 2.45) is 0 Å². The number of nitrogens with one attached hydrogen (secondary N) is 1. The van der Waals surface area contributed by atoms with Gasteiger partial charge >= 0.3 is 12.6 Å². The van der Waals surface area contributed by atoms with Gasteiger partial charge in [-0.15, -0.1) is 0 Å². The molecule has 8 heteroatoms. The van der Waals surface area contributed by atoms with Crippen LogP contribution in [0.2, 0.25) is 0 Å². The molecule has 26 heavy (non-hydrogen) atoms. The van der Waals surface area contributed by atoms with Crippen molar-refractivity contribution in [1.82, 2.24) is 0 Å². The maximum atomic E-state index is 12.4. The fraction of sp³-hybridized carbons (Fsp3) is 0.111. The lowest BCUT2D eigenvalue weighted by atomic mass is 10.1. The molecule has 0 unspecified atom stereocenters. The van der Waals surface area contributed by atoms with E-state index in [2.05, 4.69) is 10.1 Å². The second-order valence-electron chi connectivity index (χ2n) is 4.96. The number of carboxylic acid groups (broad SMARTS) is 1. The summed E-state index contributed by atoms with van der Waals surface area (Å²) in [6, 6.07) is 10.2. The zero-order valence-corrected chi connectivity index (χ0v) is 13.6. The van der Waals surface area contributed by atoms with Crippen molar-refractivity contribution in [2.45, 2.75) is 6.61 Å². The van der Waals surface area contributed by atoms with Crippen LogP contribution in [-0.2, 0) is 4.79 Å². The molecule has 0 radical (unpaired) electrons. The molecule has 0 aliphatic rings. The van der Waals surface area contributed by atoms with E-state index in [0.29, 0.717) is 5.56 Å². The van der Waals surface area contributed by atoms with Gasteiger partial charge in [0.05, 0.1) is 18.4 Å². The van der Waals surface area contributed by atoms with Crippen LogP contribution in [0, 0.1) is 0 Å². The Morgan fingerprint density at radius 2 is 1.88 bits per heavy atom. The smallest absolute Gasteiger partial charge is 0.387 e. The molecule has 2 N–H and O–H groups in total. The van der Waals surface area contributed by atoms with Crippen molar-refractivity contribution in [2.75, 3.05) is 12.4 Å². The molecule has 0 aromatic heterocycles. The van der Waals surface area contributed by atoms with Crippen LogP contribution < -0.4 is 14.8 Å². The van der Waals surface area contributed by atoms with Crippen LogP contribution >= 0.6 is 0 Å². The molecule has 136 valence electrons. The summed E-state index contributed by atoms with van der Waals surface area (Å²) in [6.45, 7) is -3.01. The molecule has 0 aliphatic heterocycles. The topological polar surface area (TPSA) is 84.9 Å². The third-order valence-corrected chi connectivity index (χ3v) is 3.25. The van der Waals surface area contributed by atoms with Gasteiger partial charge in [-0.25, -0.2) is 4.79 Å². The monoisotopic (exact) mass is 363 g/mol. The second-order valence-corrected chi connectivity index (χ2v) is 4.96. The first-order valence-corrected chi connectivity index (χ1v) is 7.35. The number of benzene rings is 2. The number of hydrogen-bond donors (Lipinski definition) is 2. The lowest BCUT2D eigenvalue weighted by Gasteiger charge is -2.10. The van der Waals surface area contributed by atoms with Gasteiger partial charge < -0.3 is 19.9 Å². The third kappa shape index (κ3) is 5.04. The molecule has 0 saturated carbocycles. The van der Waals surface area contributed by atoms with Crippen LogP contribution in [0.4, 0.5) is 14.5 Å². The normalized spacial score (nSPS) is 10.8. The van der Waals surface area contributed by atoms with E-state index in [4.69, 9.17) is 9.84 Å². The summed E-state index contributed by atoms with van der Waals surface area (Å²) in [5, 5.41) is 11.5. The summed E-state index contributed by atoms with van der Waals surface area (Å²) < 4.78 is 34.1. The van der Waals surface area contributed by atoms with E-state index < -0.39 is 18.5 Å². The number of para-hydroxylation sites is 1. The Labute approximate surface area is 147 Å². The van der Waals surface area contributed by atoms with E-state index >= 15 is 0 Å². The number of carbonyl (C=O) groups is 2. The molecule has 0 fully saturated rings. The highest BCUT2D eigenvalue weighted by Gasteiger charge is 2.12. The molecule has 0 aliphatic carbocycles. The van der Waals surface area contributed by atoms with Gasteiger partial charge in [0.15, 0.2) is 11.5 Å². The fourth-order valence-corrected chi connectivity index (χ4v) is 2.11.